The van der Waals surface area contributed by atoms with E-state index in [4.69, 9.17) is 6.58 Å². The summed E-state index contributed by atoms with van der Waals surface area (Å²) in [4.78, 5) is 0. The molecular weight excluding hydrogens is 663 g/mol. The summed E-state index contributed by atoms with van der Waals surface area (Å²) in [6.07, 6.45) is 2.31. The van der Waals surface area contributed by atoms with Crippen LogP contribution in [0.2, 0.25) is 0 Å². The van der Waals surface area contributed by atoms with Gasteiger partial charge in [0.15, 0.2) is 0 Å². The molecule has 42 heavy (non-hydrogen) atoms. The Bertz CT molecular complexity index is 1310. The van der Waals surface area contributed by atoms with Crippen molar-refractivity contribution in [1.29, 1.82) is 0 Å². The molecule has 0 N–H and O–H groups in total. The molecule has 0 unspecified atom stereocenters. The first kappa shape index (κ1) is 31.5. The van der Waals surface area contributed by atoms with Crippen molar-refractivity contribution in [2.24, 2.45) is 0 Å². The standard InChI is InChI=1S/C36H46IN3P2/c1-5-9-30-40(41(8-4,33-26-18-12-19-27-33)34-28-20-13-21-29-34)42(37)35(31-22-14-10-15-23-31)38(6-2)39(7-3)36(42)32-24-16-11-17-25-32/h8,10-29,35-36,41-42H,4-7,9,30H2,1-3H3/t35-,36-/m1/s1. The van der Waals surface area contributed by atoms with Crippen molar-refractivity contribution in [3.8, 4) is 0 Å². The fraction of sp³-hybridized carbons (Fsp3) is 0.278. The summed E-state index contributed by atoms with van der Waals surface area (Å²) in [6, 6.07) is 45.3. The summed E-state index contributed by atoms with van der Waals surface area (Å²) < 4.78 is 3.09. The van der Waals surface area contributed by atoms with Crippen LogP contribution in [0.25, 0.3) is 0 Å². The van der Waals surface area contributed by atoms with Crippen LogP contribution < -0.4 is 10.6 Å². The van der Waals surface area contributed by atoms with Crippen molar-refractivity contribution in [2.75, 3.05) is 19.6 Å². The van der Waals surface area contributed by atoms with Crippen molar-refractivity contribution < 1.29 is 0 Å². The fourth-order valence-electron chi connectivity index (χ4n) is 7.11. The first-order chi connectivity index (χ1) is 20.6. The number of rotatable bonds is 12. The number of hydrazine groups is 1. The molecule has 222 valence electrons. The Hall–Kier alpha value is -1.91. The molecule has 0 aromatic heterocycles. The van der Waals surface area contributed by atoms with Gasteiger partial charge in [0.1, 0.15) is 0 Å². The summed E-state index contributed by atoms with van der Waals surface area (Å²) in [7, 11) is -2.66. The number of hydrogen-bond acceptors (Lipinski definition) is 3. The maximum absolute atomic E-state index is 4.70. The van der Waals surface area contributed by atoms with Crippen molar-refractivity contribution in [3.63, 3.8) is 0 Å². The van der Waals surface area contributed by atoms with Gasteiger partial charge in [-0.2, -0.15) is 0 Å². The zero-order valence-corrected chi connectivity index (χ0v) is 29.4. The molecule has 0 aliphatic carbocycles. The van der Waals surface area contributed by atoms with Crippen molar-refractivity contribution >= 4 is 45.1 Å². The van der Waals surface area contributed by atoms with E-state index < -0.39 is 12.5 Å². The quantitative estimate of drug-likeness (QED) is 0.107. The minimum absolute atomic E-state index is 0.283. The molecule has 0 spiro atoms. The number of benzene rings is 4. The normalized spacial score (nSPS) is 20.4. The zero-order chi connectivity index (χ0) is 29.6. The second-order valence-electron chi connectivity index (χ2n) is 11.1. The van der Waals surface area contributed by atoms with Gasteiger partial charge in [0, 0.05) is 0 Å². The topological polar surface area (TPSA) is 9.72 Å². The van der Waals surface area contributed by atoms with Gasteiger partial charge in [0.2, 0.25) is 0 Å². The van der Waals surface area contributed by atoms with Crippen LogP contribution in [0, 0.1) is 0 Å². The molecule has 1 fully saturated rings. The third kappa shape index (κ3) is 5.56. The van der Waals surface area contributed by atoms with Crippen LogP contribution >= 0.6 is 34.5 Å². The first-order valence-corrected chi connectivity index (χ1v) is 22.7. The van der Waals surface area contributed by atoms with Gasteiger partial charge in [-0.3, -0.25) is 0 Å². The zero-order valence-electron chi connectivity index (χ0n) is 25.2. The Labute approximate surface area is 267 Å². The van der Waals surface area contributed by atoms with Crippen LogP contribution in [0.1, 0.15) is 56.3 Å². The Kier molecular flexibility index (Phi) is 10.7. The van der Waals surface area contributed by atoms with Crippen LogP contribution in [0.4, 0.5) is 0 Å². The third-order valence-corrected chi connectivity index (χ3v) is 25.6. The van der Waals surface area contributed by atoms with Gasteiger partial charge in [0.25, 0.3) is 0 Å². The molecular formula is C36H46IN3P2. The van der Waals surface area contributed by atoms with E-state index in [1.807, 2.05) is 0 Å². The van der Waals surface area contributed by atoms with Gasteiger partial charge >= 0.3 is 269 Å². The van der Waals surface area contributed by atoms with Gasteiger partial charge < -0.3 is 0 Å². The van der Waals surface area contributed by atoms with Gasteiger partial charge in [-0.05, 0) is 0 Å². The van der Waals surface area contributed by atoms with Gasteiger partial charge in [-0.1, -0.05) is 0 Å². The molecule has 2 atom stereocenters. The molecule has 1 aliphatic heterocycles. The fourth-order valence-corrected chi connectivity index (χ4v) is 27.1. The third-order valence-electron chi connectivity index (χ3n) is 8.87. The molecule has 1 aliphatic rings. The predicted molar refractivity (Wildman–Crippen MR) is 198 cm³/mol. The van der Waals surface area contributed by atoms with Crippen LogP contribution in [-0.4, -0.2) is 34.1 Å². The summed E-state index contributed by atoms with van der Waals surface area (Å²) in [5.74, 6) is 2.95. The van der Waals surface area contributed by atoms with Crippen molar-refractivity contribution in [1.82, 2.24) is 14.5 Å². The van der Waals surface area contributed by atoms with Gasteiger partial charge in [-0.15, -0.1) is 0 Å². The number of hydrogen-bond donors (Lipinski definition) is 0. The first-order valence-electron chi connectivity index (χ1n) is 15.4. The van der Waals surface area contributed by atoms with E-state index in [1.165, 1.54) is 21.7 Å². The second-order valence-corrected chi connectivity index (χ2v) is 23.4. The van der Waals surface area contributed by atoms with Crippen molar-refractivity contribution in [3.05, 3.63) is 145 Å². The maximum atomic E-state index is 4.70. The average molecular weight is 710 g/mol. The molecule has 0 saturated carbocycles. The Morgan fingerprint density at radius 1 is 0.690 bits per heavy atom. The van der Waals surface area contributed by atoms with E-state index in [2.05, 4.69) is 184 Å². The van der Waals surface area contributed by atoms with Gasteiger partial charge in [-0.25, -0.2) is 0 Å². The number of halogens is 1. The van der Waals surface area contributed by atoms with Gasteiger partial charge in [0.05, 0.1) is 0 Å². The molecule has 3 nitrogen and oxygen atoms in total. The Balaban J connectivity index is 1.89. The van der Waals surface area contributed by atoms with E-state index in [0.717, 1.165) is 32.5 Å². The molecule has 1 saturated heterocycles. The van der Waals surface area contributed by atoms with Crippen molar-refractivity contribution in [2.45, 2.75) is 45.2 Å². The summed E-state index contributed by atoms with van der Waals surface area (Å²) in [5, 5.41) is 5.72. The predicted octanol–water partition coefficient (Wildman–Crippen LogP) is 9.53. The molecule has 4 aromatic rings. The van der Waals surface area contributed by atoms with E-state index in [0.29, 0.717) is 0 Å². The van der Waals surface area contributed by atoms with Crippen LogP contribution in [0.5, 0.6) is 0 Å². The molecule has 6 heteroatoms. The van der Waals surface area contributed by atoms with E-state index in [1.54, 1.807) is 0 Å². The van der Waals surface area contributed by atoms with Crippen LogP contribution in [0.15, 0.2) is 134 Å². The van der Waals surface area contributed by atoms with E-state index in [-0.39, 0.29) is 11.6 Å². The second kappa shape index (κ2) is 14.2. The molecule has 0 amide bonds. The minimum atomic E-state index is -2.66. The van der Waals surface area contributed by atoms with Crippen LogP contribution in [-0.2, 0) is 0 Å². The number of nitrogens with zero attached hydrogens (tertiary/aromatic N) is 3. The summed E-state index contributed by atoms with van der Waals surface area (Å²) in [6.45, 7) is 14.7. The van der Waals surface area contributed by atoms with E-state index >= 15 is 0 Å². The molecule has 1 heterocycles. The molecule has 0 bridgehead atoms. The molecule has 0 radical (unpaired) electrons. The number of unbranched alkanes of at least 4 members (excludes halogenated alkanes) is 1. The van der Waals surface area contributed by atoms with Crippen LogP contribution in [0.3, 0.4) is 0 Å². The summed E-state index contributed by atoms with van der Waals surface area (Å²) in [5.41, 5.74) is 2.85. The Morgan fingerprint density at radius 3 is 1.40 bits per heavy atom. The summed E-state index contributed by atoms with van der Waals surface area (Å²) >= 11 is 3.05. The SMILES string of the molecule is C=C[PH](c1ccccc1)(c1ccccc1)N(CCCC)[PH]1(I)[C@H](c2ccccc2)N(CC)N(CC)[C@H]1c1ccccc1. The monoisotopic (exact) mass is 709 g/mol. The molecule has 5 rings (SSSR count). The Morgan fingerprint density at radius 2 is 1.07 bits per heavy atom. The average Bonchev–Trinajstić information content (AvgIpc) is 3.32. The van der Waals surface area contributed by atoms with E-state index in [9.17, 15) is 0 Å². The molecule has 4 aromatic carbocycles.